The Morgan fingerprint density at radius 3 is 2.26 bits per heavy atom. The van der Waals surface area contributed by atoms with Gasteiger partial charge in [-0.2, -0.15) is 0 Å². The highest BCUT2D eigenvalue weighted by molar-refractivity contribution is 6.30. The number of nitrogens with two attached hydrogens (primary N) is 1. The maximum absolute atomic E-state index is 12.2. The number of alkyl carbamates (subject to hydrolysis) is 1. The number of rotatable bonds is 6. The molecule has 0 aliphatic heterocycles. The topological polar surface area (TPSA) is 105 Å². The Labute approximate surface area is 185 Å². The summed E-state index contributed by atoms with van der Waals surface area (Å²) in [6, 6.07) is 20.7. The zero-order chi connectivity index (χ0) is 22.0. The van der Waals surface area contributed by atoms with Crippen LogP contribution >= 0.6 is 11.6 Å². The number of fused-ring (bicyclic) bond motifs is 3. The van der Waals surface area contributed by atoms with E-state index in [1.54, 1.807) is 6.07 Å². The number of hydrogen-bond donors (Lipinski definition) is 4. The summed E-state index contributed by atoms with van der Waals surface area (Å²) in [6.07, 6.45) is -3.17. The summed E-state index contributed by atoms with van der Waals surface area (Å²) in [7, 11) is 0. The van der Waals surface area contributed by atoms with Gasteiger partial charge in [0, 0.05) is 23.2 Å². The summed E-state index contributed by atoms with van der Waals surface area (Å²) >= 11 is 5.94. The van der Waals surface area contributed by atoms with E-state index >= 15 is 0 Å². The second-order valence-electron chi connectivity index (χ2n) is 7.54. The van der Waals surface area contributed by atoms with E-state index in [4.69, 9.17) is 22.1 Å². The van der Waals surface area contributed by atoms with E-state index in [2.05, 4.69) is 17.4 Å². The standard InChI is InChI=1S/C24H23ClN2O4/c25-15-9-14(10-16(26)11-15)23(29)22(28)12-27-24(30)31-13-21-19-7-3-1-5-17(19)18-6-2-4-8-20(18)21/h1-11,21-23,28-29H,12-13,26H2,(H,27,30). The van der Waals surface area contributed by atoms with Gasteiger partial charge in [-0.1, -0.05) is 60.1 Å². The van der Waals surface area contributed by atoms with E-state index in [0.29, 0.717) is 16.3 Å². The smallest absolute Gasteiger partial charge is 0.407 e. The highest BCUT2D eigenvalue weighted by Gasteiger charge is 2.29. The van der Waals surface area contributed by atoms with Crippen molar-refractivity contribution in [2.75, 3.05) is 18.9 Å². The molecule has 7 heteroatoms. The van der Waals surface area contributed by atoms with Gasteiger partial charge in [0.25, 0.3) is 0 Å². The van der Waals surface area contributed by atoms with Gasteiger partial charge in [-0.15, -0.1) is 0 Å². The number of hydrogen-bond acceptors (Lipinski definition) is 5. The van der Waals surface area contributed by atoms with Gasteiger partial charge in [0.2, 0.25) is 0 Å². The van der Waals surface area contributed by atoms with Crippen LogP contribution in [0.5, 0.6) is 0 Å². The zero-order valence-electron chi connectivity index (χ0n) is 16.7. The highest BCUT2D eigenvalue weighted by atomic mass is 35.5. The number of nitrogens with one attached hydrogen (secondary N) is 1. The van der Waals surface area contributed by atoms with E-state index in [9.17, 15) is 15.0 Å². The molecule has 5 N–H and O–H groups in total. The molecule has 1 aliphatic rings. The largest absolute Gasteiger partial charge is 0.449 e. The van der Waals surface area contributed by atoms with Crippen LogP contribution in [0.1, 0.15) is 28.7 Å². The molecule has 2 unspecified atom stereocenters. The van der Waals surface area contributed by atoms with Gasteiger partial charge in [-0.25, -0.2) is 4.79 Å². The molecule has 0 bridgehead atoms. The Kier molecular flexibility index (Phi) is 6.13. The van der Waals surface area contributed by atoms with E-state index in [-0.39, 0.29) is 19.1 Å². The molecule has 1 amide bonds. The fourth-order valence-electron chi connectivity index (χ4n) is 3.98. The molecule has 3 aromatic carbocycles. The number of aliphatic hydroxyl groups excluding tert-OH is 2. The van der Waals surface area contributed by atoms with Crippen LogP contribution < -0.4 is 11.1 Å². The van der Waals surface area contributed by atoms with Gasteiger partial charge in [-0.3, -0.25) is 0 Å². The molecule has 0 aromatic heterocycles. The fourth-order valence-corrected chi connectivity index (χ4v) is 4.23. The van der Waals surface area contributed by atoms with Crippen LogP contribution in [0.4, 0.5) is 10.5 Å². The van der Waals surface area contributed by atoms with Crippen molar-refractivity contribution in [3.63, 3.8) is 0 Å². The van der Waals surface area contributed by atoms with Crippen LogP contribution in [0.25, 0.3) is 11.1 Å². The summed E-state index contributed by atoms with van der Waals surface area (Å²) < 4.78 is 5.43. The average Bonchev–Trinajstić information content (AvgIpc) is 3.08. The fraction of sp³-hybridized carbons (Fsp3) is 0.208. The monoisotopic (exact) mass is 438 g/mol. The van der Waals surface area contributed by atoms with Crippen molar-refractivity contribution in [2.45, 2.75) is 18.1 Å². The van der Waals surface area contributed by atoms with Gasteiger partial charge < -0.3 is 26.0 Å². The third-order valence-corrected chi connectivity index (χ3v) is 5.67. The lowest BCUT2D eigenvalue weighted by atomic mass is 9.98. The van der Waals surface area contributed by atoms with E-state index in [0.717, 1.165) is 22.3 Å². The van der Waals surface area contributed by atoms with Crippen molar-refractivity contribution in [1.29, 1.82) is 0 Å². The third kappa shape index (κ3) is 4.51. The summed E-state index contributed by atoms with van der Waals surface area (Å²) in [4.78, 5) is 12.2. The Balaban J connectivity index is 1.35. The Morgan fingerprint density at radius 2 is 1.65 bits per heavy atom. The first-order valence-electron chi connectivity index (χ1n) is 9.95. The molecule has 1 aliphatic carbocycles. The molecule has 6 nitrogen and oxygen atoms in total. The van der Waals surface area contributed by atoms with Crippen LogP contribution in [-0.2, 0) is 4.74 Å². The predicted molar refractivity (Wildman–Crippen MR) is 120 cm³/mol. The maximum atomic E-state index is 12.2. The SMILES string of the molecule is Nc1cc(Cl)cc(C(O)C(O)CNC(=O)OCC2c3ccccc3-c3ccccc32)c1. The number of halogens is 1. The first-order chi connectivity index (χ1) is 14.9. The first-order valence-corrected chi connectivity index (χ1v) is 10.3. The maximum Gasteiger partial charge on any atom is 0.407 e. The Hall–Kier alpha value is -3.06. The molecule has 160 valence electrons. The normalized spacial score (nSPS) is 14.4. The van der Waals surface area contributed by atoms with Crippen LogP contribution in [0, 0.1) is 0 Å². The molecule has 0 spiro atoms. The first kappa shape index (κ1) is 21.2. The number of carbonyl (C=O) groups is 1. The number of aliphatic hydroxyl groups is 2. The molecule has 0 saturated carbocycles. The molecule has 4 rings (SSSR count). The lowest BCUT2D eigenvalue weighted by Gasteiger charge is -2.20. The van der Waals surface area contributed by atoms with Crippen LogP contribution in [-0.4, -0.2) is 35.6 Å². The molecule has 0 fully saturated rings. The summed E-state index contributed by atoms with van der Waals surface area (Å²) in [6.45, 7) is -0.0202. The minimum atomic E-state index is -1.25. The molecule has 0 saturated heterocycles. The molecule has 0 heterocycles. The van der Waals surface area contributed by atoms with Crippen molar-refractivity contribution in [2.24, 2.45) is 0 Å². The number of carbonyl (C=O) groups excluding carboxylic acids is 1. The van der Waals surface area contributed by atoms with E-state index < -0.39 is 18.3 Å². The number of nitrogen functional groups attached to an aromatic ring is 1. The molecule has 2 atom stereocenters. The van der Waals surface area contributed by atoms with Gasteiger partial charge in [0.1, 0.15) is 18.8 Å². The van der Waals surface area contributed by atoms with Crippen LogP contribution in [0.3, 0.4) is 0 Å². The van der Waals surface area contributed by atoms with Gasteiger partial charge in [0.05, 0.1) is 0 Å². The van der Waals surface area contributed by atoms with Crippen molar-refractivity contribution in [1.82, 2.24) is 5.32 Å². The Bertz CT molecular complexity index is 1040. The molecular weight excluding hydrogens is 416 g/mol. The minimum Gasteiger partial charge on any atom is -0.449 e. The van der Waals surface area contributed by atoms with Gasteiger partial charge in [-0.05, 0) is 46.0 Å². The molecule has 31 heavy (non-hydrogen) atoms. The number of ether oxygens (including phenoxy) is 1. The van der Waals surface area contributed by atoms with Crippen molar-refractivity contribution in [3.05, 3.63) is 88.4 Å². The van der Waals surface area contributed by atoms with Crippen molar-refractivity contribution >= 4 is 23.4 Å². The minimum absolute atomic E-state index is 0.0527. The predicted octanol–water partition coefficient (Wildman–Crippen LogP) is 3.86. The molecule has 0 radical (unpaired) electrons. The second kappa shape index (κ2) is 8.98. The van der Waals surface area contributed by atoms with Crippen molar-refractivity contribution < 1.29 is 19.7 Å². The summed E-state index contributed by atoms with van der Waals surface area (Å²) in [5, 5.41) is 23.4. The summed E-state index contributed by atoms with van der Waals surface area (Å²) in [5.74, 6) is -0.0527. The zero-order valence-corrected chi connectivity index (χ0v) is 17.4. The number of benzene rings is 3. The van der Waals surface area contributed by atoms with Crippen LogP contribution in [0.2, 0.25) is 5.02 Å². The van der Waals surface area contributed by atoms with Gasteiger partial charge >= 0.3 is 6.09 Å². The second-order valence-corrected chi connectivity index (χ2v) is 7.97. The van der Waals surface area contributed by atoms with Gasteiger partial charge in [0.15, 0.2) is 0 Å². The van der Waals surface area contributed by atoms with E-state index in [1.807, 2.05) is 36.4 Å². The van der Waals surface area contributed by atoms with Crippen molar-refractivity contribution in [3.8, 4) is 11.1 Å². The van der Waals surface area contributed by atoms with E-state index in [1.165, 1.54) is 12.1 Å². The number of anilines is 1. The quantitative estimate of drug-likeness (QED) is 0.437. The molecule has 3 aromatic rings. The Morgan fingerprint density at radius 1 is 1.03 bits per heavy atom. The highest BCUT2D eigenvalue weighted by Crippen LogP contribution is 2.44. The summed E-state index contributed by atoms with van der Waals surface area (Å²) in [5.41, 5.74) is 11.0. The molecular formula is C24H23ClN2O4. The number of amides is 1. The third-order valence-electron chi connectivity index (χ3n) is 5.45. The van der Waals surface area contributed by atoms with Crippen LogP contribution in [0.15, 0.2) is 66.7 Å². The average molecular weight is 439 g/mol. The lowest BCUT2D eigenvalue weighted by molar-refractivity contribution is 0.0186. The lowest BCUT2D eigenvalue weighted by Crippen LogP contribution is -2.36.